The molecule has 0 radical (unpaired) electrons. The van der Waals surface area contributed by atoms with Crippen molar-refractivity contribution in [3.63, 3.8) is 0 Å². The number of carbonyl (C=O) groups is 2. The maximum Gasteiger partial charge on any atom is 0.379 e. The molecule has 1 aromatic heterocycles. The fraction of sp³-hybridized carbons (Fsp3) is 0.269. The number of esters is 1. The molecule has 1 heterocycles. The first-order valence-corrected chi connectivity index (χ1v) is 11.7. The minimum absolute atomic E-state index is 0.0174. The van der Waals surface area contributed by atoms with Gasteiger partial charge in [0.2, 0.25) is 11.7 Å². The van der Waals surface area contributed by atoms with Crippen LogP contribution in [-0.2, 0) is 17.6 Å². The van der Waals surface area contributed by atoms with Crippen molar-refractivity contribution in [2.75, 3.05) is 0 Å². The third-order valence-corrected chi connectivity index (χ3v) is 6.56. The fourth-order valence-electron chi connectivity index (χ4n) is 4.18. The second-order valence-corrected chi connectivity index (χ2v) is 9.04. The van der Waals surface area contributed by atoms with Gasteiger partial charge in [-0.3, -0.25) is 14.9 Å². The molecule has 1 aliphatic carbocycles. The summed E-state index contributed by atoms with van der Waals surface area (Å²) in [6.45, 7) is 5.43. The number of aryl methyl sites for hydroxylation is 3. The summed E-state index contributed by atoms with van der Waals surface area (Å²) in [7, 11) is 0. The first-order chi connectivity index (χ1) is 17.1. The summed E-state index contributed by atoms with van der Waals surface area (Å²) in [5, 5.41) is 15.7. The summed E-state index contributed by atoms with van der Waals surface area (Å²) in [6, 6.07) is 9.16. The number of amides is 1. The number of ether oxygens (including phenoxy) is 1. The van der Waals surface area contributed by atoms with Crippen LogP contribution in [0.25, 0.3) is 0 Å². The number of halogens is 1. The molecule has 1 aliphatic rings. The summed E-state index contributed by atoms with van der Waals surface area (Å²) in [5.74, 6) is 0.109. The van der Waals surface area contributed by atoms with E-state index < -0.39 is 10.9 Å². The largest absolute Gasteiger partial charge is 0.453 e. The molecule has 4 rings (SSSR count). The van der Waals surface area contributed by atoms with Crippen molar-refractivity contribution in [1.82, 2.24) is 5.43 Å². The zero-order chi connectivity index (χ0) is 26.0. The Morgan fingerprint density at radius 1 is 1.14 bits per heavy atom. The second-order valence-electron chi connectivity index (χ2n) is 8.66. The Morgan fingerprint density at radius 3 is 2.44 bits per heavy atom. The minimum Gasteiger partial charge on any atom is -0.453 e. The first kappa shape index (κ1) is 25.1. The molecule has 0 aliphatic heterocycles. The Kier molecular flexibility index (Phi) is 7.21. The lowest BCUT2D eigenvalue weighted by atomic mass is 9.93. The molecular formula is C26H24ClN3O6. The van der Waals surface area contributed by atoms with Crippen molar-refractivity contribution in [2.24, 2.45) is 5.10 Å². The number of hydrogen-bond acceptors (Lipinski definition) is 7. The molecule has 3 aromatic rings. The number of nitrogens with one attached hydrogen (secondary N) is 1. The molecule has 2 aromatic carbocycles. The van der Waals surface area contributed by atoms with Gasteiger partial charge < -0.3 is 9.15 Å². The molecular weight excluding hydrogens is 486 g/mol. The quantitative estimate of drug-likeness (QED) is 0.206. The molecule has 0 unspecified atom stereocenters. The molecule has 186 valence electrons. The SMILES string of the molecule is Cc1cc(OC(=O)c2oc3c(c2C)/C(=N/NC(=O)Cc2ccc([N+](=O)[O-])cc2)CCC3)cc(C)c1Cl. The van der Waals surface area contributed by atoms with Crippen LogP contribution in [0.1, 0.15) is 57.0 Å². The Labute approximate surface area is 212 Å². The van der Waals surface area contributed by atoms with Crippen LogP contribution in [0.2, 0.25) is 5.02 Å². The number of non-ortho nitro benzene ring substituents is 1. The smallest absolute Gasteiger partial charge is 0.379 e. The molecule has 10 heteroatoms. The predicted molar refractivity (Wildman–Crippen MR) is 134 cm³/mol. The Bertz CT molecular complexity index is 1370. The van der Waals surface area contributed by atoms with Gasteiger partial charge in [0.25, 0.3) is 5.69 Å². The van der Waals surface area contributed by atoms with E-state index in [1.54, 1.807) is 19.1 Å². The Balaban J connectivity index is 1.49. The third-order valence-electron chi connectivity index (χ3n) is 5.96. The molecule has 0 saturated carbocycles. The monoisotopic (exact) mass is 509 g/mol. The lowest BCUT2D eigenvalue weighted by molar-refractivity contribution is -0.384. The summed E-state index contributed by atoms with van der Waals surface area (Å²) in [6.07, 6.45) is 2.01. The summed E-state index contributed by atoms with van der Waals surface area (Å²) in [4.78, 5) is 35.6. The number of hydrazone groups is 1. The number of fused-ring (bicyclic) bond motifs is 1. The van der Waals surface area contributed by atoms with E-state index in [1.807, 2.05) is 13.8 Å². The molecule has 0 bridgehead atoms. The predicted octanol–water partition coefficient (Wildman–Crippen LogP) is 5.38. The van der Waals surface area contributed by atoms with Gasteiger partial charge in [-0.1, -0.05) is 23.7 Å². The Morgan fingerprint density at radius 2 is 1.81 bits per heavy atom. The lowest BCUT2D eigenvalue weighted by Crippen LogP contribution is -2.23. The maximum absolute atomic E-state index is 12.9. The highest BCUT2D eigenvalue weighted by atomic mass is 35.5. The molecule has 0 fully saturated rings. The van der Waals surface area contributed by atoms with E-state index in [1.165, 1.54) is 24.3 Å². The van der Waals surface area contributed by atoms with Crippen LogP contribution in [0, 0.1) is 30.9 Å². The van der Waals surface area contributed by atoms with E-state index in [0.29, 0.717) is 51.8 Å². The van der Waals surface area contributed by atoms with Crippen molar-refractivity contribution in [3.05, 3.63) is 90.9 Å². The van der Waals surface area contributed by atoms with Crippen LogP contribution in [0.5, 0.6) is 5.75 Å². The van der Waals surface area contributed by atoms with Gasteiger partial charge in [0.05, 0.1) is 17.1 Å². The maximum atomic E-state index is 12.9. The number of hydrogen-bond donors (Lipinski definition) is 1. The van der Waals surface area contributed by atoms with Crippen molar-refractivity contribution < 1.29 is 23.7 Å². The fourth-order valence-corrected chi connectivity index (χ4v) is 4.29. The average molecular weight is 510 g/mol. The van der Waals surface area contributed by atoms with E-state index in [2.05, 4.69) is 10.5 Å². The lowest BCUT2D eigenvalue weighted by Gasteiger charge is -2.13. The van der Waals surface area contributed by atoms with Crippen molar-refractivity contribution >= 4 is 34.9 Å². The number of benzene rings is 2. The normalized spacial score (nSPS) is 13.8. The van der Waals surface area contributed by atoms with Crippen molar-refractivity contribution in [2.45, 2.75) is 46.5 Å². The molecule has 0 spiro atoms. The average Bonchev–Trinajstić information content (AvgIpc) is 3.18. The topological polar surface area (TPSA) is 124 Å². The van der Waals surface area contributed by atoms with Crippen molar-refractivity contribution in [3.8, 4) is 5.75 Å². The van der Waals surface area contributed by atoms with E-state index in [-0.39, 0.29) is 23.8 Å². The molecule has 36 heavy (non-hydrogen) atoms. The molecule has 1 N–H and O–H groups in total. The van der Waals surface area contributed by atoms with E-state index in [9.17, 15) is 19.7 Å². The highest BCUT2D eigenvalue weighted by Gasteiger charge is 2.29. The van der Waals surface area contributed by atoms with E-state index >= 15 is 0 Å². The van der Waals surface area contributed by atoms with Crippen LogP contribution in [-0.4, -0.2) is 22.5 Å². The number of rotatable bonds is 6. The number of furan rings is 1. The molecule has 0 saturated heterocycles. The highest BCUT2D eigenvalue weighted by molar-refractivity contribution is 6.32. The molecule has 9 nitrogen and oxygen atoms in total. The number of nitrogens with zero attached hydrogens (tertiary/aromatic N) is 2. The second kappa shape index (κ2) is 10.3. The Hall–Kier alpha value is -3.98. The van der Waals surface area contributed by atoms with Gasteiger partial charge in [-0.15, -0.1) is 0 Å². The van der Waals surface area contributed by atoms with Crippen LogP contribution in [0.4, 0.5) is 5.69 Å². The van der Waals surface area contributed by atoms with E-state index in [0.717, 1.165) is 17.5 Å². The van der Waals surface area contributed by atoms with Gasteiger partial charge in [0.1, 0.15) is 11.5 Å². The zero-order valence-electron chi connectivity index (χ0n) is 20.0. The van der Waals surface area contributed by atoms with Crippen LogP contribution < -0.4 is 10.2 Å². The number of nitro groups is 1. The summed E-state index contributed by atoms with van der Waals surface area (Å²) in [5.41, 5.74) is 6.65. The summed E-state index contributed by atoms with van der Waals surface area (Å²) < 4.78 is 11.4. The van der Waals surface area contributed by atoms with Gasteiger partial charge >= 0.3 is 5.97 Å². The molecule has 1 amide bonds. The number of carbonyl (C=O) groups excluding carboxylic acids is 2. The molecule has 0 atom stereocenters. The minimum atomic E-state index is -0.621. The zero-order valence-corrected chi connectivity index (χ0v) is 20.8. The van der Waals surface area contributed by atoms with Gasteiger partial charge in [-0.05, 0) is 62.4 Å². The standard InChI is InChI=1S/C26H24ClN3O6/c1-14-11-19(12-15(2)24(14)27)35-26(32)25-16(3)23-20(5-4-6-21(23)36-25)28-29-22(31)13-17-7-9-18(10-8-17)30(33)34/h7-12H,4-6,13H2,1-3H3,(H,29,31)/b28-20+. The van der Waals surface area contributed by atoms with Gasteiger partial charge in [0.15, 0.2) is 0 Å². The number of nitro benzene ring substituents is 1. The van der Waals surface area contributed by atoms with Crippen molar-refractivity contribution in [1.29, 1.82) is 0 Å². The van der Waals surface area contributed by atoms with Gasteiger partial charge in [-0.2, -0.15) is 5.10 Å². The van der Waals surface area contributed by atoms with Gasteiger partial charge in [-0.25, -0.2) is 10.2 Å². The highest BCUT2D eigenvalue weighted by Crippen LogP contribution is 2.31. The van der Waals surface area contributed by atoms with Gasteiger partial charge in [0, 0.05) is 34.7 Å². The van der Waals surface area contributed by atoms with Crippen LogP contribution >= 0.6 is 11.6 Å². The third kappa shape index (κ3) is 5.31. The summed E-state index contributed by atoms with van der Waals surface area (Å²) >= 11 is 6.20. The van der Waals surface area contributed by atoms with Crippen LogP contribution in [0.15, 0.2) is 45.9 Å². The van der Waals surface area contributed by atoms with Crippen LogP contribution in [0.3, 0.4) is 0 Å². The first-order valence-electron chi connectivity index (χ1n) is 11.3. The van der Waals surface area contributed by atoms with E-state index in [4.69, 9.17) is 20.8 Å².